The molecule has 0 bridgehead atoms. The van der Waals surface area contributed by atoms with Crippen LogP contribution < -0.4 is 11.1 Å². The Kier molecular flexibility index (Phi) is 3.45. The minimum atomic E-state index is -0.0846. The zero-order valence-corrected chi connectivity index (χ0v) is 7.58. The van der Waals surface area contributed by atoms with Crippen LogP contribution in [0, 0.1) is 0 Å². The van der Waals surface area contributed by atoms with Crippen LogP contribution in [-0.4, -0.2) is 22.1 Å². The number of nitrogens with two attached hydrogens (primary N) is 1. The van der Waals surface area contributed by atoms with Gasteiger partial charge in [-0.1, -0.05) is 6.92 Å². The second-order valence-corrected chi connectivity index (χ2v) is 2.89. The van der Waals surface area contributed by atoms with E-state index < -0.39 is 0 Å². The smallest absolute Gasteiger partial charge is 0.227 e. The average molecular weight is 182 g/mol. The van der Waals surface area contributed by atoms with Gasteiger partial charge in [0, 0.05) is 18.5 Å². The Morgan fingerprint density at radius 2 is 2.62 bits per heavy atom. The van der Waals surface area contributed by atoms with Gasteiger partial charge in [-0.3, -0.25) is 9.89 Å². The van der Waals surface area contributed by atoms with Crippen molar-refractivity contribution in [3.63, 3.8) is 0 Å². The summed E-state index contributed by atoms with van der Waals surface area (Å²) in [4.78, 5) is 11.2. The molecule has 0 aliphatic rings. The molecule has 1 heterocycles. The van der Waals surface area contributed by atoms with E-state index >= 15 is 0 Å². The summed E-state index contributed by atoms with van der Waals surface area (Å²) < 4.78 is 0. The van der Waals surface area contributed by atoms with Crippen LogP contribution in [0.25, 0.3) is 0 Å². The molecule has 1 unspecified atom stereocenters. The largest absolute Gasteiger partial charge is 0.327 e. The number of carbonyl (C=O) groups excluding carboxylic acids is 1. The van der Waals surface area contributed by atoms with Gasteiger partial charge in [0.05, 0.1) is 6.20 Å². The molecule has 0 saturated heterocycles. The number of carbonyl (C=O) groups is 1. The van der Waals surface area contributed by atoms with Crippen molar-refractivity contribution in [2.75, 3.05) is 5.32 Å². The Labute approximate surface area is 76.7 Å². The zero-order valence-electron chi connectivity index (χ0n) is 7.58. The molecule has 4 N–H and O–H groups in total. The summed E-state index contributed by atoms with van der Waals surface area (Å²) in [5.74, 6) is 0.520. The molecule has 0 aromatic carbocycles. The van der Waals surface area contributed by atoms with Crippen molar-refractivity contribution in [1.29, 1.82) is 0 Å². The summed E-state index contributed by atoms with van der Waals surface area (Å²) in [6.07, 6.45) is 2.72. The van der Waals surface area contributed by atoms with Crippen molar-refractivity contribution in [3.8, 4) is 0 Å². The van der Waals surface area contributed by atoms with E-state index in [1.165, 1.54) is 0 Å². The first-order valence-corrected chi connectivity index (χ1v) is 4.27. The molecule has 0 aliphatic carbocycles. The lowest BCUT2D eigenvalue weighted by Crippen LogP contribution is -2.26. The highest BCUT2D eigenvalue weighted by Gasteiger charge is 2.07. The Hall–Kier alpha value is -1.36. The summed E-state index contributed by atoms with van der Waals surface area (Å²) in [7, 11) is 0. The minimum Gasteiger partial charge on any atom is -0.327 e. The van der Waals surface area contributed by atoms with E-state index in [1.54, 1.807) is 12.3 Å². The first-order valence-electron chi connectivity index (χ1n) is 4.27. The standard InChI is InChI=1S/C8H14N4O/c1-2-6(9)5-8(13)11-7-3-4-10-12-7/h3-4,6H,2,5,9H2,1H3,(H2,10,11,12,13). The van der Waals surface area contributed by atoms with Crippen molar-refractivity contribution >= 4 is 11.7 Å². The van der Waals surface area contributed by atoms with Crippen LogP contribution in [0.1, 0.15) is 19.8 Å². The summed E-state index contributed by atoms with van der Waals surface area (Å²) >= 11 is 0. The molecule has 1 aromatic heterocycles. The van der Waals surface area contributed by atoms with Crippen LogP contribution in [0.2, 0.25) is 0 Å². The maximum absolute atomic E-state index is 11.2. The van der Waals surface area contributed by atoms with E-state index in [4.69, 9.17) is 5.73 Å². The molecule has 0 saturated carbocycles. The third kappa shape index (κ3) is 3.25. The summed E-state index contributed by atoms with van der Waals surface area (Å²) in [6.45, 7) is 1.95. The molecule has 0 spiro atoms. The van der Waals surface area contributed by atoms with Gasteiger partial charge in [0.25, 0.3) is 0 Å². The molecule has 0 radical (unpaired) electrons. The van der Waals surface area contributed by atoms with E-state index in [-0.39, 0.29) is 11.9 Å². The van der Waals surface area contributed by atoms with Crippen LogP contribution in [0.3, 0.4) is 0 Å². The molecule has 0 aliphatic heterocycles. The fourth-order valence-corrected chi connectivity index (χ4v) is 0.909. The average Bonchev–Trinajstić information content (AvgIpc) is 2.56. The molecule has 5 nitrogen and oxygen atoms in total. The van der Waals surface area contributed by atoms with Crippen LogP contribution in [-0.2, 0) is 4.79 Å². The maximum atomic E-state index is 11.2. The first kappa shape index (κ1) is 9.73. The number of rotatable bonds is 4. The maximum Gasteiger partial charge on any atom is 0.227 e. The number of nitrogens with zero attached hydrogens (tertiary/aromatic N) is 1. The normalized spacial score (nSPS) is 12.5. The lowest BCUT2D eigenvalue weighted by molar-refractivity contribution is -0.116. The molecule has 1 rings (SSSR count). The highest BCUT2D eigenvalue weighted by Crippen LogP contribution is 2.01. The van der Waals surface area contributed by atoms with Gasteiger partial charge in [-0.15, -0.1) is 0 Å². The van der Waals surface area contributed by atoms with E-state index in [2.05, 4.69) is 15.5 Å². The van der Waals surface area contributed by atoms with Crippen molar-refractivity contribution in [2.45, 2.75) is 25.8 Å². The van der Waals surface area contributed by atoms with Crippen molar-refractivity contribution in [1.82, 2.24) is 10.2 Å². The number of hydrogen-bond donors (Lipinski definition) is 3. The van der Waals surface area contributed by atoms with Crippen molar-refractivity contribution in [2.24, 2.45) is 5.73 Å². The van der Waals surface area contributed by atoms with Crippen LogP contribution in [0.4, 0.5) is 5.82 Å². The number of hydrogen-bond acceptors (Lipinski definition) is 3. The Balaban J connectivity index is 2.34. The molecule has 1 amide bonds. The lowest BCUT2D eigenvalue weighted by atomic mass is 10.1. The Morgan fingerprint density at radius 3 is 3.15 bits per heavy atom. The SMILES string of the molecule is CCC(N)CC(=O)Nc1ccn[nH]1. The third-order valence-electron chi connectivity index (χ3n) is 1.75. The predicted molar refractivity (Wildman–Crippen MR) is 50.1 cm³/mol. The topological polar surface area (TPSA) is 83.8 Å². The Morgan fingerprint density at radius 1 is 1.85 bits per heavy atom. The van der Waals surface area contributed by atoms with Gasteiger partial charge in [0.1, 0.15) is 5.82 Å². The lowest BCUT2D eigenvalue weighted by Gasteiger charge is -2.07. The molecular formula is C8H14N4O. The molecule has 13 heavy (non-hydrogen) atoms. The van der Waals surface area contributed by atoms with Gasteiger partial charge >= 0.3 is 0 Å². The van der Waals surface area contributed by atoms with Crippen LogP contribution in [0.5, 0.6) is 0 Å². The highest BCUT2D eigenvalue weighted by molar-refractivity contribution is 5.90. The van der Waals surface area contributed by atoms with Gasteiger partial charge in [0.2, 0.25) is 5.91 Å². The second-order valence-electron chi connectivity index (χ2n) is 2.89. The fraction of sp³-hybridized carbons (Fsp3) is 0.500. The van der Waals surface area contributed by atoms with Crippen molar-refractivity contribution < 1.29 is 4.79 Å². The number of nitrogens with one attached hydrogen (secondary N) is 2. The summed E-state index contributed by atoms with van der Waals surface area (Å²) in [5.41, 5.74) is 5.62. The van der Waals surface area contributed by atoms with E-state index in [1.807, 2.05) is 6.92 Å². The molecule has 0 fully saturated rings. The number of anilines is 1. The predicted octanol–water partition coefficient (Wildman–Crippen LogP) is 0.476. The number of amides is 1. The molecule has 5 heteroatoms. The monoisotopic (exact) mass is 182 g/mol. The van der Waals surface area contributed by atoms with Gasteiger partial charge in [0.15, 0.2) is 0 Å². The van der Waals surface area contributed by atoms with Gasteiger partial charge in [-0.25, -0.2) is 0 Å². The van der Waals surface area contributed by atoms with E-state index in [9.17, 15) is 4.79 Å². The molecule has 1 aromatic rings. The highest BCUT2D eigenvalue weighted by atomic mass is 16.1. The second kappa shape index (κ2) is 4.61. The third-order valence-corrected chi connectivity index (χ3v) is 1.75. The van der Waals surface area contributed by atoms with Gasteiger partial charge in [-0.05, 0) is 6.42 Å². The van der Waals surface area contributed by atoms with Crippen LogP contribution in [0.15, 0.2) is 12.3 Å². The van der Waals surface area contributed by atoms with E-state index in [0.29, 0.717) is 12.2 Å². The number of aromatic amines is 1. The van der Waals surface area contributed by atoms with Crippen LogP contribution >= 0.6 is 0 Å². The Bertz CT molecular complexity index is 257. The molecular weight excluding hydrogens is 168 g/mol. The molecule has 1 atom stereocenters. The summed E-state index contributed by atoms with van der Waals surface area (Å²) in [6, 6.07) is 1.62. The van der Waals surface area contributed by atoms with Gasteiger partial charge < -0.3 is 11.1 Å². The summed E-state index contributed by atoms with van der Waals surface area (Å²) in [5, 5.41) is 8.99. The first-order chi connectivity index (χ1) is 6.22. The zero-order chi connectivity index (χ0) is 9.68. The fourth-order valence-electron chi connectivity index (χ4n) is 0.909. The minimum absolute atomic E-state index is 0.0667. The van der Waals surface area contributed by atoms with E-state index in [0.717, 1.165) is 6.42 Å². The quantitative estimate of drug-likeness (QED) is 0.633. The van der Waals surface area contributed by atoms with Crippen molar-refractivity contribution in [3.05, 3.63) is 12.3 Å². The molecule has 72 valence electrons. The number of H-pyrrole nitrogens is 1. The number of aromatic nitrogens is 2. The van der Waals surface area contributed by atoms with Gasteiger partial charge in [-0.2, -0.15) is 5.10 Å².